The van der Waals surface area contributed by atoms with Gasteiger partial charge in [0, 0.05) is 23.3 Å². The van der Waals surface area contributed by atoms with Crippen LogP contribution in [0.5, 0.6) is 5.75 Å². The van der Waals surface area contributed by atoms with Crippen LogP contribution in [0.3, 0.4) is 0 Å². The van der Waals surface area contributed by atoms with Gasteiger partial charge in [-0.2, -0.15) is 0 Å². The predicted octanol–water partition coefficient (Wildman–Crippen LogP) is 4.00. The van der Waals surface area contributed by atoms with Gasteiger partial charge in [0.15, 0.2) is 6.29 Å². The molecule has 0 unspecified atom stereocenters. The van der Waals surface area contributed by atoms with Crippen LogP contribution in [-0.4, -0.2) is 25.6 Å². The summed E-state index contributed by atoms with van der Waals surface area (Å²) in [6.45, 7) is 8.69. The van der Waals surface area contributed by atoms with Gasteiger partial charge in [-0.05, 0) is 18.6 Å². The molecule has 1 aromatic carbocycles. The monoisotopic (exact) mass is 320 g/mol. The number of ketones is 1. The lowest BCUT2D eigenvalue weighted by molar-refractivity contribution is -0.248. The third-order valence-corrected chi connectivity index (χ3v) is 4.78. The molecule has 1 heterocycles. The minimum Gasteiger partial charge on any atom is -0.497 e. The third-order valence-electron chi connectivity index (χ3n) is 4.78. The molecule has 128 valence electrons. The Bertz CT molecular complexity index is 511. The Balaban J connectivity index is 2.10. The molecule has 0 amide bonds. The van der Waals surface area contributed by atoms with Crippen molar-refractivity contribution in [3.8, 4) is 5.75 Å². The minimum atomic E-state index is -0.422. The summed E-state index contributed by atoms with van der Waals surface area (Å²) < 4.78 is 17.2. The van der Waals surface area contributed by atoms with E-state index in [0.29, 0.717) is 6.61 Å². The zero-order chi connectivity index (χ0) is 17.0. The Morgan fingerprint density at radius 3 is 2.52 bits per heavy atom. The quantitative estimate of drug-likeness (QED) is 0.795. The number of Topliss-reactive ketones (excluding diaryl/α,β-unsaturated/α-hetero) is 1. The number of rotatable bonds is 6. The maximum atomic E-state index is 12.5. The first-order valence-electron chi connectivity index (χ1n) is 8.42. The van der Waals surface area contributed by atoms with E-state index in [0.717, 1.165) is 17.7 Å². The zero-order valence-electron chi connectivity index (χ0n) is 14.7. The van der Waals surface area contributed by atoms with Crippen LogP contribution in [0.2, 0.25) is 0 Å². The molecular formula is C19H28O4. The average Bonchev–Trinajstić information content (AvgIpc) is 2.60. The molecule has 0 spiro atoms. The van der Waals surface area contributed by atoms with Crippen molar-refractivity contribution in [3.05, 3.63) is 29.8 Å². The van der Waals surface area contributed by atoms with Crippen molar-refractivity contribution >= 4 is 5.78 Å². The molecule has 0 saturated carbocycles. The topological polar surface area (TPSA) is 44.8 Å². The van der Waals surface area contributed by atoms with Crippen LogP contribution in [0.4, 0.5) is 0 Å². The van der Waals surface area contributed by atoms with Crippen molar-refractivity contribution in [1.29, 1.82) is 0 Å². The summed E-state index contributed by atoms with van der Waals surface area (Å²) >= 11 is 0. The summed E-state index contributed by atoms with van der Waals surface area (Å²) in [6.07, 6.45) is 0.328. The minimum absolute atomic E-state index is 0.0723. The molecule has 1 aromatic rings. The smallest absolute Gasteiger partial charge is 0.184 e. The van der Waals surface area contributed by atoms with Crippen LogP contribution in [0.1, 0.15) is 46.0 Å². The van der Waals surface area contributed by atoms with E-state index in [2.05, 4.69) is 6.92 Å². The summed E-state index contributed by atoms with van der Waals surface area (Å²) in [5.74, 6) is 1.23. The Morgan fingerprint density at radius 2 is 1.96 bits per heavy atom. The SMILES string of the molecule is CC[C@H](C)C(=O)[C@H](C)[C@@H]1O[C@H](c2ccc(OC)cc2)OC[C@H]1C. The normalized spacial score (nSPS) is 27.3. The summed E-state index contributed by atoms with van der Waals surface area (Å²) in [6, 6.07) is 7.67. The number of hydrogen-bond donors (Lipinski definition) is 0. The molecule has 1 saturated heterocycles. The van der Waals surface area contributed by atoms with E-state index in [1.807, 2.05) is 45.0 Å². The largest absolute Gasteiger partial charge is 0.497 e. The maximum Gasteiger partial charge on any atom is 0.184 e. The lowest BCUT2D eigenvalue weighted by Crippen LogP contribution is -2.42. The molecule has 4 heteroatoms. The summed E-state index contributed by atoms with van der Waals surface area (Å²) in [7, 11) is 1.64. The fraction of sp³-hybridized carbons (Fsp3) is 0.632. The summed E-state index contributed by atoms with van der Waals surface area (Å²) in [5.41, 5.74) is 0.950. The van der Waals surface area contributed by atoms with Crippen LogP contribution in [0.15, 0.2) is 24.3 Å². The van der Waals surface area contributed by atoms with Crippen LogP contribution in [0, 0.1) is 17.8 Å². The van der Waals surface area contributed by atoms with Crippen molar-refractivity contribution in [2.75, 3.05) is 13.7 Å². The van der Waals surface area contributed by atoms with Crippen LogP contribution in [0.25, 0.3) is 0 Å². The van der Waals surface area contributed by atoms with Gasteiger partial charge in [-0.25, -0.2) is 0 Å². The van der Waals surface area contributed by atoms with E-state index in [4.69, 9.17) is 14.2 Å². The first-order chi connectivity index (χ1) is 11.0. The van der Waals surface area contributed by atoms with Gasteiger partial charge in [0.05, 0.1) is 19.8 Å². The molecule has 23 heavy (non-hydrogen) atoms. The number of hydrogen-bond acceptors (Lipinski definition) is 4. The number of benzene rings is 1. The zero-order valence-corrected chi connectivity index (χ0v) is 14.7. The third kappa shape index (κ3) is 4.12. The van der Waals surface area contributed by atoms with Gasteiger partial charge in [-0.3, -0.25) is 4.79 Å². The summed E-state index contributed by atoms with van der Waals surface area (Å²) in [5, 5.41) is 0. The number of carbonyl (C=O) groups excluding carboxylic acids is 1. The molecule has 0 aromatic heterocycles. The van der Waals surface area contributed by atoms with Gasteiger partial charge in [0.2, 0.25) is 0 Å². The van der Waals surface area contributed by atoms with Crippen LogP contribution >= 0.6 is 0 Å². The Labute approximate surface area is 139 Å². The first-order valence-corrected chi connectivity index (χ1v) is 8.42. The Morgan fingerprint density at radius 1 is 1.30 bits per heavy atom. The van der Waals surface area contributed by atoms with E-state index in [1.54, 1.807) is 7.11 Å². The molecule has 2 rings (SSSR count). The highest BCUT2D eigenvalue weighted by Crippen LogP contribution is 2.34. The Kier molecular flexibility index (Phi) is 6.19. The fourth-order valence-electron chi connectivity index (χ4n) is 3.01. The second kappa shape index (κ2) is 7.93. The van der Waals surface area contributed by atoms with Crippen molar-refractivity contribution in [2.24, 2.45) is 17.8 Å². The fourth-order valence-corrected chi connectivity index (χ4v) is 3.01. The molecule has 4 nitrogen and oxygen atoms in total. The number of carbonyl (C=O) groups is 1. The molecule has 0 aliphatic carbocycles. The molecule has 1 aliphatic rings. The number of ether oxygens (including phenoxy) is 3. The van der Waals surface area contributed by atoms with E-state index < -0.39 is 6.29 Å². The van der Waals surface area contributed by atoms with Gasteiger partial charge in [0.1, 0.15) is 11.5 Å². The van der Waals surface area contributed by atoms with Crippen molar-refractivity contribution in [2.45, 2.75) is 46.5 Å². The lowest BCUT2D eigenvalue weighted by atomic mass is 9.84. The van der Waals surface area contributed by atoms with Crippen LogP contribution in [-0.2, 0) is 14.3 Å². The standard InChI is InChI=1S/C19H28O4/c1-6-12(2)17(20)14(4)18-13(3)11-22-19(23-18)15-7-9-16(21-5)10-8-15/h7-10,12-14,18-19H,6,11H2,1-5H3/t12-,13+,14-,18+,19+/m0/s1. The van der Waals surface area contributed by atoms with E-state index in [1.165, 1.54) is 0 Å². The lowest BCUT2D eigenvalue weighted by Gasteiger charge is -2.38. The molecular weight excluding hydrogens is 292 g/mol. The maximum absolute atomic E-state index is 12.5. The van der Waals surface area contributed by atoms with Gasteiger partial charge in [0.25, 0.3) is 0 Å². The first kappa shape index (κ1) is 18.0. The second-order valence-electron chi connectivity index (χ2n) is 6.52. The molecule has 5 atom stereocenters. The second-order valence-corrected chi connectivity index (χ2v) is 6.52. The van der Waals surface area contributed by atoms with E-state index in [-0.39, 0.29) is 29.6 Å². The van der Waals surface area contributed by atoms with Crippen molar-refractivity contribution < 1.29 is 19.0 Å². The molecule has 1 aliphatic heterocycles. The Hall–Kier alpha value is -1.39. The highest BCUT2D eigenvalue weighted by atomic mass is 16.7. The van der Waals surface area contributed by atoms with Gasteiger partial charge in [-0.1, -0.05) is 39.8 Å². The number of methoxy groups -OCH3 is 1. The van der Waals surface area contributed by atoms with Gasteiger partial charge < -0.3 is 14.2 Å². The highest BCUT2D eigenvalue weighted by molar-refractivity contribution is 5.83. The highest BCUT2D eigenvalue weighted by Gasteiger charge is 2.37. The molecule has 0 bridgehead atoms. The van der Waals surface area contributed by atoms with Gasteiger partial charge >= 0.3 is 0 Å². The average molecular weight is 320 g/mol. The predicted molar refractivity (Wildman–Crippen MR) is 89.4 cm³/mol. The summed E-state index contributed by atoms with van der Waals surface area (Å²) in [4.78, 5) is 12.5. The van der Waals surface area contributed by atoms with Crippen molar-refractivity contribution in [1.82, 2.24) is 0 Å². The molecule has 1 fully saturated rings. The van der Waals surface area contributed by atoms with E-state index in [9.17, 15) is 4.79 Å². The van der Waals surface area contributed by atoms with Gasteiger partial charge in [-0.15, -0.1) is 0 Å². The van der Waals surface area contributed by atoms with Crippen molar-refractivity contribution in [3.63, 3.8) is 0 Å². The van der Waals surface area contributed by atoms with Crippen LogP contribution < -0.4 is 4.74 Å². The molecule has 0 N–H and O–H groups in total. The molecule has 0 radical (unpaired) electrons. The van der Waals surface area contributed by atoms with E-state index >= 15 is 0 Å².